The highest BCUT2D eigenvalue weighted by Gasteiger charge is 2.15. The molecule has 0 amide bonds. The molecule has 160 valence electrons. The fourth-order valence-corrected chi connectivity index (χ4v) is 2.90. The van der Waals surface area contributed by atoms with Gasteiger partial charge in [-0.1, -0.05) is 19.1 Å². The predicted octanol–water partition coefficient (Wildman–Crippen LogP) is 3.51. The van der Waals surface area contributed by atoms with Crippen LogP contribution in [0.4, 0.5) is 0 Å². The molecule has 0 aliphatic carbocycles. The standard InChI is InChI=1S/C21H35N3O3.HI/c1-4-10-27-20-13-17(2)6-7-19(20)14-24-21(22-3)23-9-5-11-25-15-18-8-12-26-16-18;/h6-7,13,18H,4-5,8-12,14-16H2,1-3H3,(H2,22,23,24);1H. The molecule has 7 heteroatoms. The van der Waals surface area contributed by atoms with Crippen LogP contribution in [0.15, 0.2) is 23.2 Å². The summed E-state index contributed by atoms with van der Waals surface area (Å²) < 4.78 is 17.0. The highest BCUT2D eigenvalue weighted by molar-refractivity contribution is 14.0. The summed E-state index contributed by atoms with van der Waals surface area (Å²) in [5.41, 5.74) is 2.34. The third-order valence-corrected chi connectivity index (χ3v) is 4.49. The van der Waals surface area contributed by atoms with Gasteiger partial charge in [0.2, 0.25) is 0 Å². The molecule has 0 radical (unpaired) electrons. The van der Waals surface area contributed by atoms with Crippen molar-refractivity contribution in [3.8, 4) is 5.75 Å². The summed E-state index contributed by atoms with van der Waals surface area (Å²) in [7, 11) is 1.79. The van der Waals surface area contributed by atoms with E-state index in [1.807, 2.05) is 0 Å². The fraction of sp³-hybridized carbons (Fsp3) is 0.667. The van der Waals surface area contributed by atoms with E-state index in [0.29, 0.717) is 12.5 Å². The lowest BCUT2D eigenvalue weighted by Crippen LogP contribution is -2.37. The molecule has 2 N–H and O–H groups in total. The van der Waals surface area contributed by atoms with Crippen LogP contribution in [0.3, 0.4) is 0 Å². The molecule has 1 heterocycles. The Hall–Kier alpha value is -1.06. The summed E-state index contributed by atoms with van der Waals surface area (Å²) in [6.45, 7) is 9.72. The van der Waals surface area contributed by atoms with Gasteiger partial charge in [-0.3, -0.25) is 4.99 Å². The second kappa shape index (κ2) is 14.9. The Kier molecular flexibility index (Phi) is 13.3. The molecule has 6 nitrogen and oxygen atoms in total. The maximum Gasteiger partial charge on any atom is 0.191 e. The van der Waals surface area contributed by atoms with Gasteiger partial charge < -0.3 is 24.8 Å². The Morgan fingerprint density at radius 2 is 2.14 bits per heavy atom. The Labute approximate surface area is 186 Å². The Morgan fingerprint density at radius 1 is 1.29 bits per heavy atom. The lowest BCUT2D eigenvalue weighted by molar-refractivity contribution is 0.0888. The molecule has 1 aromatic rings. The zero-order chi connectivity index (χ0) is 19.3. The van der Waals surface area contributed by atoms with Crippen molar-refractivity contribution in [2.75, 3.05) is 46.6 Å². The van der Waals surface area contributed by atoms with Crippen molar-refractivity contribution in [3.05, 3.63) is 29.3 Å². The predicted molar refractivity (Wildman–Crippen MR) is 125 cm³/mol. The third kappa shape index (κ3) is 9.43. The van der Waals surface area contributed by atoms with Gasteiger partial charge in [-0.2, -0.15) is 0 Å². The lowest BCUT2D eigenvalue weighted by atomic mass is 10.1. The van der Waals surface area contributed by atoms with E-state index in [0.717, 1.165) is 76.1 Å². The van der Waals surface area contributed by atoms with E-state index in [1.165, 1.54) is 5.56 Å². The normalized spacial score (nSPS) is 16.5. The van der Waals surface area contributed by atoms with Crippen LogP contribution in [0.1, 0.15) is 37.3 Å². The first-order valence-corrected chi connectivity index (χ1v) is 10.0. The van der Waals surface area contributed by atoms with Crippen molar-refractivity contribution in [1.29, 1.82) is 0 Å². The van der Waals surface area contributed by atoms with Gasteiger partial charge in [-0.05, 0) is 37.8 Å². The summed E-state index contributed by atoms with van der Waals surface area (Å²) >= 11 is 0. The number of rotatable bonds is 11. The quantitative estimate of drug-likeness (QED) is 0.209. The molecule has 28 heavy (non-hydrogen) atoms. The van der Waals surface area contributed by atoms with Gasteiger partial charge in [0, 0.05) is 44.8 Å². The Bertz CT molecular complexity index is 578. The smallest absolute Gasteiger partial charge is 0.191 e. The van der Waals surface area contributed by atoms with E-state index < -0.39 is 0 Å². The molecular weight excluding hydrogens is 469 g/mol. The van der Waals surface area contributed by atoms with E-state index in [9.17, 15) is 0 Å². The molecule has 2 rings (SSSR count). The van der Waals surface area contributed by atoms with Gasteiger partial charge in [0.15, 0.2) is 5.96 Å². The third-order valence-electron chi connectivity index (χ3n) is 4.49. The van der Waals surface area contributed by atoms with E-state index in [2.05, 4.69) is 47.7 Å². The summed E-state index contributed by atoms with van der Waals surface area (Å²) in [4.78, 5) is 4.29. The highest BCUT2D eigenvalue weighted by Crippen LogP contribution is 2.20. The molecule has 1 fully saturated rings. The number of guanidine groups is 1. The summed E-state index contributed by atoms with van der Waals surface area (Å²) in [5, 5.41) is 6.69. The van der Waals surface area contributed by atoms with Gasteiger partial charge >= 0.3 is 0 Å². The fourth-order valence-electron chi connectivity index (χ4n) is 2.90. The largest absolute Gasteiger partial charge is 0.493 e. The summed E-state index contributed by atoms with van der Waals surface area (Å²) in [6.07, 6.45) is 3.07. The second-order valence-corrected chi connectivity index (χ2v) is 6.97. The molecule has 0 saturated carbocycles. The first kappa shape index (κ1) is 25.0. The van der Waals surface area contributed by atoms with Gasteiger partial charge in [0.1, 0.15) is 5.75 Å². The van der Waals surface area contributed by atoms with Crippen molar-refractivity contribution < 1.29 is 14.2 Å². The molecule has 1 unspecified atom stereocenters. The van der Waals surface area contributed by atoms with Crippen molar-refractivity contribution in [3.63, 3.8) is 0 Å². The molecular formula is C21H36IN3O3. The number of ether oxygens (including phenoxy) is 3. The lowest BCUT2D eigenvalue weighted by Gasteiger charge is -2.15. The molecule has 0 bridgehead atoms. The number of halogens is 1. The minimum atomic E-state index is 0. The number of aliphatic imine (C=N–C) groups is 1. The average molecular weight is 505 g/mol. The van der Waals surface area contributed by atoms with Gasteiger partial charge in [-0.25, -0.2) is 0 Å². The second-order valence-electron chi connectivity index (χ2n) is 6.97. The SMILES string of the molecule is CCCOc1cc(C)ccc1CNC(=NC)NCCCOCC1CCOC1.I. The zero-order valence-corrected chi connectivity index (χ0v) is 19.8. The monoisotopic (exact) mass is 505 g/mol. The Morgan fingerprint density at radius 3 is 2.86 bits per heavy atom. The molecule has 1 saturated heterocycles. The molecule has 1 aliphatic heterocycles. The van der Waals surface area contributed by atoms with Crippen molar-refractivity contribution in [2.45, 2.75) is 39.7 Å². The van der Waals surface area contributed by atoms with Gasteiger partial charge in [-0.15, -0.1) is 24.0 Å². The van der Waals surface area contributed by atoms with Gasteiger partial charge in [0.05, 0.1) is 19.8 Å². The summed E-state index contributed by atoms with van der Waals surface area (Å²) in [6, 6.07) is 6.31. The molecule has 1 aromatic carbocycles. The maximum atomic E-state index is 5.87. The van der Waals surface area contributed by atoms with Gasteiger partial charge in [0.25, 0.3) is 0 Å². The van der Waals surface area contributed by atoms with Crippen LogP contribution in [0, 0.1) is 12.8 Å². The number of hydrogen-bond donors (Lipinski definition) is 2. The average Bonchev–Trinajstić information content (AvgIpc) is 3.19. The summed E-state index contributed by atoms with van der Waals surface area (Å²) in [5.74, 6) is 2.32. The number of nitrogens with one attached hydrogen (secondary N) is 2. The van der Waals surface area contributed by atoms with Crippen LogP contribution < -0.4 is 15.4 Å². The molecule has 1 aliphatic rings. The maximum absolute atomic E-state index is 5.87. The van der Waals surface area contributed by atoms with Crippen LogP contribution in [0.25, 0.3) is 0 Å². The highest BCUT2D eigenvalue weighted by atomic mass is 127. The number of benzene rings is 1. The van der Waals surface area contributed by atoms with E-state index in [-0.39, 0.29) is 24.0 Å². The number of aryl methyl sites for hydroxylation is 1. The van der Waals surface area contributed by atoms with Crippen LogP contribution in [0.5, 0.6) is 5.75 Å². The first-order chi connectivity index (χ1) is 13.2. The van der Waals surface area contributed by atoms with Crippen LogP contribution in [-0.2, 0) is 16.0 Å². The van der Waals surface area contributed by atoms with Crippen molar-refractivity contribution in [2.24, 2.45) is 10.9 Å². The molecule has 1 atom stereocenters. The molecule has 0 spiro atoms. The number of nitrogens with zero attached hydrogens (tertiary/aromatic N) is 1. The minimum Gasteiger partial charge on any atom is -0.493 e. The Balaban J connectivity index is 0.00000392. The molecule has 0 aromatic heterocycles. The topological polar surface area (TPSA) is 64.1 Å². The van der Waals surface area contributed by atoms with Crippen LogP contribution >= 0.6 is 24.0 Å². The number of hydrogen-bond acceptors (Lipinski definition) is 4. The van der Waals surface area contributed by atoms with E-state index in [1.54, 1.807) is 7.05 Å². The van der Waals surface area contributed by atoms with E-state index >= 15 is 0 Å². The van der Waals surface area contributed by atoms with Crippen molar-refractivity contribution >= 4 is 29.9 Å². The van der Waals surface area contributed by atoms with Crippen LogP contribution in [-0.4, -0.2) is 52.6 Å². The van der Waals surface area contributed by atoms with Crippen LogP contribution in [0.2, 0.25) is 0 Å². The van der Waals surface area contributed by atoms with Crippen molar-refractivity contribution in [1.82, 2.24) is 10.6 Å². The first-order valence-electron chi connectivity index (χ1n) is 10.0. The zero-order valence-electron chi connectivity index (χ0n) is 17.5. The van der Waals surface area contributed by atoms with E-state index in [4.69, 9.17) is 14.2 Å². The minimum absolute atomic E-state index is 0.